The third kappa shape index (κ3) is 13.3. The van der Waals surface area contributed by atoms with Gasteiger partial charge in [-0.15, -0.1) is 0 Å². The summed E-state index contributed by atoms with van der Waals surface area (Å²) < 4.78 is 38.3. The normalized spacial score (nSPS) is 9.72. The summed E-state index contributed by atoms with van der Waals surface area (Å²) in [6.07, 6.45) is 0. The van der Waals surface area contributed by atoms with Gasteiger partial charge in [0.2, 0.25) is 0 Å². The molecule has 32 heavy (non-hydrogen) atoms. The van der Waals surface area contributed by atoms with Gasteiger partial charge < -0.3 is 14.9 Å². The van der Waals surface area contributed by atoms with E-state index in [0.29, 0.717) is 11.1 Å². The highest BCUT2D eigenvalue weighted by molar-refractivity contribution is 14.1. The molecule has 0 aliphatic carbocycles. The standard InChI is InChI=1S/C10H11IO2.C9H9IO2.CH4O.H2O4S/c1-6-4-7(2)9(11)5-8(6)10(12)13-3;1-5-3-6(2)8(10)4-7(5)9(11)12;1-2;1-5(2,3)4/h4-5H,1-3H3;3-4H,1-2H3,(H,11,12);2H,1H3;(H2,1,2,3,4). The molecule has 0 aliphatic rings. The molecular formula is C20H26I2O9S. The topological polar surface area (TPSA) is 158 Å². The highest BCUT2D eigenvalue weighted by Crippen LogP contribution is 2.19. The highest BCUT2D eigenvalue weighted by atomic mass is 127. The zero-order chi connectivity index (χ0) is 25.8. The van der Waals surface area contributed by atoms with Crippen LogP contribution in [0.5, 0.6) is 0 Å². The number of hydrogen-bond acceptors (Lipinski definition) is 6. The number of carboxylic acid groups (broad SMARTS) is 1. The van der Waals surface area contributed by atoms with Gasteiger partial charge >= 0.3 is 22.3 Å². The first-order chi connectivity index (χ1) is 14.6. The molecule has 0 amide bonds. The molecule has 0 bridgehead atoms. The van der Waals surface area contributed by atoms with Gasteiger partial charge in [-0.3, -0.25) is 9.11 Å². The Morgan fingerprint density at radius 2 is 1.09 bits per heavy atom. The van der Waals surface area contributed by atoms with Crippen LogP contribution in [0.25, 0.3) is 0 Å². The Kier molecular flexibility index (Phi) is 15.9. The number of carboxylic acids is 1. The summed E-state index contributed by atoms with van der Waals surface area (Å²) in [5.74, 6) is -1.12. The molecule has 180 valence electrons. The largest absolute Gasteiger partial charge is 0.478 e. The van der Waals surface area contributed by atoms with Crippen molar-refractivity contribution < 1.29 is 42.1 Å². The summed E-state index contributed by atoms with van der Waals surface area (Å²) in [5, 5.41) is 15.8. The van der Waals surface area contributed by atoms with Crippen molar-refractivity contribution in [1.82, 2.24) is 0 Å². The molecule has 0 heterocycles. The summed E-state index contributed by atoms with van der Waals surface area (Å²) in [5.41, 5.74) is 5.14. The van der Waals surface area contributed by atoms with E-state index in [-0.39, 0.29) is 5.97 Å². The van der Waals surface area contributed by atoms with Crippen LogP contribution in [0, 0.1) is 34.8 Å². The first-order valence-corrected chi connectivity index (χ1v) is 12.1. The van der Waals surface area contributed by atoms with E-state index < -0.39 is 16.4 Å². The molecule has 0 aromatic heterocycles. The Hall–Kier alpha value is -1.33. The van der Waals surface area contributed by atoms with E-state index in [4.69, 9.17) is 27.7 Å². The number of aliphatic hydroxyl groups is 1. The van der Waals surface area contributed by atoms with E-state index in [1.54, 1.807) is 6.07 Å². The van der Waals surface area contributed by atoms with Crippen molar-refractivity contribution in [3.8, 4) is 0 Å². The highest BCUT2D eigenvalue weighted by Gasteiger charge is 2.10. The second-order valence-electron chi connectivity index (χ2n) is 6.08. The second kappa shape index (κ2) is 15.5. The van der Waals surface area contributed by atoms with Gasteiger partial charge in [0.15, 0.2) is 0 Å². The number of esters is 1. The molecule has 0 unspecified atom stereocenters. The summed E-state index contributed by atoms with van der Waals surface area (Å²) in [4.78, 5) is 22.0. The summed E-state index contributed by atoms with van der Waals surface area (Å²) in [6, 6.07) is 7.45. The van der Waals surface area contributed by atoms with Crippen LogP contribution in [0.4, 0.5) is 0 Å². The van der Waals surface area contributed by atoms with Crippen LogP contribution in [0.3, 0.4) is 0 Å². The molecule has 0 spiro atoms. The number of hydrogen-bond donors (Lipinski definition) is 4. The fourth-order valence-corrected chi connectivity index (χ4v) is 3.15. The zero-order valence-electron chi connectivity index (χ0n) is 18.3. The lowest BCUT2D eigenvalue weighted by Gasteiger charge is -2.06. The van der Waals surface area contributed by atoms with Crippen LogP contribution in [-0.4, -0.2) is 53.9 Å². The molecule has 2 aromatic rings. The van der Waals surface area contributed by atoms with Crippen LogP contribution in [0.1, 0.15) is 43.0 Å². The molecule has 0 saturated heterocycles. The molecular weight excluding hydrogens is 670 g/mol. The van der Waals surface area contributed by atoms with Gasteiger partial charge in [0, 0.05) is 14.3 Å². The lowest BCUT2D eigenvalue weighted by Crippen LogP contribution is -2.04. The molecule has 0 aliphatic heterocycles. The summed E-state index contributed by atoms with van der Waals surface area (Å²) in [7, 11) is -2.27. The zero-order valence-corrected chi connectivity index (χ0v) is 23.4. The number of ether oxygens (including phenoxy) is 1. The van der Waals surface area contributed by atoms with Gasteiger partial charge in [0.25, 0.3) is 0 Å². The monoisotopic (exact) mass is 696 g/mol. The van der Waals surface area contributed by atoms with Crippen LogP contribution < -0.4 is 0 Å². The Morgan fingerprint density at radius 3 is 1.41 bits per heavy atom. The predicted octanol–water partition coefficient (Wildman–Crippen LogP) is 4.26. The lowest BCUT2D eigenvalue weighted by atomic mass is 10.1. The number of aliphatic hydroxyl groups excluding tert-OH is 1. The van der Waals surface area contributed by atoms with Crippen molar-refractivity contribution in [3.63, 3.8) is 0 Å². The van der Waals surface area contributed by atoms with E-state index >= 15 is 0 Å². The van der Waals surface area contributed by atoms with E-state index in [2.05, 4.69) is 49.9 Å². The molecule has 0 saturated carbocycles. The fourth-order valence-electron chi connectivity index (χ4n) is 2.21. The van der Waals surface area contributed by atoms with Gasteiger partial charge in [-0.1, -0.05) is 12.1 Å². The van der Waals surface area contributed by atoms with Gasteiger partial charge in [-0.25, -0.2) is 9.59 Å². The minimum atomic E-state index is -4.67. The molecule has 0 radical (unpaired) electrons. The second-order valence-corrected chi connectivity index (χ2v) is 9.30. The van der Waals surface area contributed by atoms with Crippen molar-refractivity contribution in [3.05, 3.63) is 64.8 Å². The number of carbonyl (C=O) groups is 2. The molecule has 4 N–H and O–H groups in total. The number of carbonyl (C=O) groups excluding carboxylic acids is 1. The number of methoxy groups -OCH3 is 1. The predicted molar refractivity (Wildman–Crippen MR) is 138 cm³/mol. The Balaban J connectivity index is 0. The molecule has 2 aromatic carbocycles. The van der Waals surface area contributed by atoms with Gasteiger partial charge in [0.1, 0.15) is 0 Å². The third-order valence-electron chi connectivity index (χ3n) is 3.65. The van der Waals surface area contributed by atoms with Crippen LogP contribution in [0.15, 0.2) is 24.3 Å². The lowest BCUT2D eigenvalue weighted by molar-refractivity contribution is 0.0598. The fraction of sp³-hybridized carbons (Fsp3) is 0.300. The van der Waals surface area contributed by atoms with E-state index in [9.17, 15) is 9.59 Å². The van der Waals surface area contributed by atoms with E-state index in [1.807, 2.05) is 45.9 Å². The minimum absolute atomic E-state index is 0.268. The van der Waals surface area contributed by atoms with Crippen molar-refractivity contribution in [1.29, 1.82) is 0 Å². The number of halogens is 2. The van der Waals surface area contributed by atoms with Gasteiger partial charge in [-0.2, -0.15) is 8.42 Å². The number of rotatable bonds is 2. The summed E-state index contributed by atoms with van der Waals surface area (Å²) >= 11 is 4.35. The Morgan fingerprint density at radius 1 is 0.781 bits per heavy atom. The van der Waals surface area contributed by atoms with Crippen molar-refractivity contribution in [2.45, 2.75) is 27.7 Å². The Labute approximate surface area is 215 Å². The smallest absolute Gasteiger partial charge is 0.394 e. The average Bonchev–Trinajstić information content (AvgIpc) is 2.67. The Bertz CT molecular complexity index is 1030. The first kappa shape index (κ1) is 32.8. The quantitative estimate of drug-likeness (QED) is 0.205. The SMILES string of the molecule is CO.COC(=O)c1cc(I)c(C)cc1C.Cc1cc(C)c(C(=O)O)cc1I.O=S(=O)(O)O. The maximum absolute atomic E-state index is 11.3. The van der Waals surface area contributed by atoms with Crippen molar-refractivity contribution in [2.24, 2.45) is 0 Å². The summed E-state index contributed by atoms with van der Waals surface area (Å²) in [6.45, 7) is 7.72. The van der Waals surface area contributed by atoms with Crippen molar-refractivity contribution >= 4 is 67.5 Å². The van der Waals surface area contributed by atoms with Crippen LogP contribution in [-0.2, 0) is 15.1 Å². The molecule has 9 nitrogen and oxygen atoms in total. The van der Waals surface area contributed by atoms with Crippen LogP contribution in [0.2, 0.25) is 0 Å². The molecule has 12 heteroatoms. The first-order valence-electron chi connectivity index (χ1n) is 8.58. The maximum Gasteiger partial charge on any atom is 0.394 e. The van der Waals surface area contributed by atoms with E-state index in [0.717, 1.165) is 30.9 Å². The molecule has 0 atom stereocenters. The van der Waals surface area contributed by atoms with Gasteiger partial charge in [0.05, 0.1) is 18.2 Å². The third-order valence-corrected chi connectivity index (χ3v) is 5.97. The minimum Gasteiger partial charge on any atom is -0.478 e. The van der Waals surface area contributed by atoms with E-state index in [1.165, 1.54) is 12.7 Å². The van der Waals surface area contributed by atoms with Crippen LogP contribution >= 0.6 is 45.2 Å². The molecule has 2 rings (SSSR count). The number of aryl methyl sites for hydroxylation is 4. The number of aromatic carboxylic acids is 1. The number of benzene rings is 2. The van der Waals surface area contributed by atoms with Gasteiger partial charge in [-0.05, 0) is 107 Å². The maximum atomic E-state index is 11.3. The average molecular weight is 696 g/mol. The van der Waals surface area contributed by atoms with Crippen molar-refractivity contribution in [2.75, 3.05) is 14.2 Å². The molecule has 0 fully saturated rings.